The van der Waals surface area contributed by atoms with Gasteiger partial charge in [0.05, 0.1) is 17.2 Å². The molecule has 2 aromatic rings. The Morgan fingerprint density at radius 1 is 0.524 bits per heavy atom. The summed E-state index contributed by atoms with van der Waals surface area (Å²) in [5, 5.41) is 10.8. The van der Waals surface area contributed by atoms with Crippen molar-refractivity contribution in [2.75, 3.05) is 0 Å². The van der Waals surface area contributed by atoms with Gasteiger partial charge in [-0.1, -0.05) is 106 Å². The van der Waals surface area contributed by atoms with Gasteiger partial charge in [0.1, 0.15) is 36.6 Å². The second-order valence-corrected chi connectivity index (χ2v) is 18.4. The molecule has 0 bridgehead atoms. The van der Waals surface area contributed by atoms with E-state index in [0.717, 1.165) is 33.4 Å². The summed E-state index contributed by atoms with van der Waals surface area (Å²) in [7, 11) is 0. The van der Waals surface area contributed by atoms with Gasteiger partial charge in [-0.05, 0) is 97.6 Å². The molecule has 0 radical (unpaired) electrons. The summed E-state index contributed by atoms with van der Waals surface area (Å²) >= 11 is -1.44. The molecule has 0 saturated carbocycles. The van der Waals surface area contributed by atoms with Gasteiger partial charge in [0, 0.05) is 23.7 Å². The second kappa shape index (κ2) is 21.7. The molecule has 4 aliphatic rings. The number of carbonyl (C=O) groups is 3. The topological polar surface area (TPSA) is 161 Å². The molecule has 6 rings (SSSR count). The summed E-state index contributed by atoms with van der Waals surface area (Å²) in [5.41, 5.74) is 6.71. The third-order valence-electron chi connectivity index (χ3n) is 11.8. The van der Waals surface area contributed by atoms with Crippen molar-refractivity contribution in [2.45, 2.75) is 151 Å². The minimum absolute atomic E-state index is 0.0381. The number of ether oxygens (including phenoxy) is 6. The van der Waals surface area contributed by atoms with Crippen LogP contribution in [0.3, 0.4) is 0 Å². The maximum absolute atomic E-state index is 13.0. The second-order valence-electron chi connectivity index (χ2n) is 18.3. The number of aliphatic hydroxyl groups excluding tert-OH is 1. The molecule has 3 unspecified atom stereocenters. The Morgan fingerprint density at radius 2 is 0.921 bits per heavy atom. The monoisotopic (exact) mass is 913 g/mol. The molecule has 2 fully saturated rings. The first-order valence-corrected chi connectivity index (χ1v) is 22.5. The van der Waals surface area contributed by atoms with Gasteiger partial charge in [-0.25, -0.2) is 9.59 Å². The van der Waals surface area contributed by atoms with Gasteiger partial charge in [0.2, 0.25) is 0 Å². The fraction of sp³-hybridized carbons (Fsp3) is 0.540. The maximum atomic E-state index is 13.0. The van der Waals surface area contributed by atoms with E-state index >= 15 is 0 Å². The number of fused-ring (bicyclic) bond motifs is 4. The van der Waals surface area contributed by atoms with Crippen LogP contribution in [0.1, 0.15) is 123 Å². The van der Waals surface area contributed by atoms with Crippen LogP contribution in [-0.4, -0.2) is 77.1 Å². The van der Waals surface area contributed by atoms with Crippen LogP contribution in [0.15, 0.2) is 60.7 Å². The van der Waals surface area contributed by atoms with E-state index in [-0.39, 0.29) is 59.7 Å². The average molecular weight is 914 g/mol. The summed E-state index contributed by atoms with van der Waals surface area (Å²) in [5.74, 6) is -2.76. The van der Waals surface area contributed by atoms with Crippen LogP contribution in [-0.2, 0) is 55.7 Å². The normalized spacial score (nSPS) is 33.5. The van der Waals surface area contributed by atoms with Crippen molar-refractivity contribution in [3.63, 3.8) is 0 Å². The molecular formula is C50H66MnO12. The molecular weight excluding hydrogens is 847 g/mol. The van der Waals surface area contributed by atoms with E-state index in [4.69, 9.17) is 36.1 Å². The van der Waals surface area contributed by atoms with Gasteiger partial charge in [0.15, 0.2) is 17.4 Å². The van der Waals surface area contributed by atoms with Crippen molar-refractivity contribution in [1.29, 1.82) is 0 Å². The number of hydrogen-bond acceptors (Lipinski definition) is 12. The molecule has 12 nitrogen and oxygen atoms in total. The van der Waals surface area contributed by atoms with Gasteiger partial charge >= 0.3 is 34.4 Å². The Labute approximate surface area is 379 Å². The number of aryl methyl sites for hydroxylation is 4. The summed E-state index contributed by atoms with van der Waals surface area (Å²) in [6, 6.07) is 7.96. The number of hydrogen-bond donors (Lipinski definition) is 1. The number of cyclic esters (lactones) is 2. The van der Waals surface area contributed by atoms with Crippen molar-refractivity contribution < 1.29 is 70.4 Å². The number of aliphatic hydroxyl groups is 1. The number of carbonyl (C=O) groups excluding carboxylic acids is 3. The van der Waals surface area contributed by atoms with Crippen molar-refractivity contribution in [1.82, 2.24) is 0 Å². The standard InChI is InChI=1S/C25H34O5.C25H32O5.Mn.2O/c2*1-14-12-17(4)21-19(13-14)10-8-16(3)22-23(30-25(6,7)29-22)20(26)11-9-15(2)18(5)28-24(21)27;;;/h8-13,15-16,18,20,22-23,26H,1-7H3;8-13,15-16,18,22-23H,1-7H3;;;/b2*10-8+,11-9-;;;/t15-,16?,18+,20?,22+,23-;15-,16?,18+,22+,23-;;;/m11.../s1. The van der Waals surface area contributed by atoms with E-state index in [0.29, 0.717) is 11.1 Å². The molecule has 13 heteroatoms. The Morgan fingerprint density at radius 3 is 1.41 bits per heavy atom. The SMILES string of the molecule is Cc1cc(C)c2c(c1)/C=C/C(C)[C@@H]1OC(C)(C)O[C@@H]1C(=O)/C=C\[C@@H](C)[C@H](C)OC2=O.Cc1cc(C)c2c(c1)/C=C/C(C)[C@@H]1OC(C)(C)O[C@@H]1C(O)/C=C\[C@@H](C)[C@H](C)OC2=O.[O]=[Mn]=[O]. The van der Waals surface area contributed by atoms with E-state index in [9.17, 15) is 19.5 Å². The van der Waals surface area contributed by atoms with Gasteiger partial charge < -0.3 is 33.5 Å². The third-order valence-corrected chi connectivity index (χ3v) is 11.8. The zero-order valence-corrected chi connectivity index (χ0v) is 40.3. The van der Waals surface area contributed by atoms with Crippen molar-refractivity contribution in [3.05, 3.63) is 105 Å². The van der Waals surface area contributed by atoms with Gasteiger partial charge in [-0.15, -0.1) is 0 Å². The van der Waals surface area contributed by atoms with Crippen LogP contribution in [0.25, 0.3) is 12.2 Å². The Kier molecular flexibility index (Phi) is 17.8. The fourth-order valence-electron chi connectivity index (χ4n) is 8.16. The Hall–Kier alpha value is -4.07. The van der Waals surface area contributed by atoms with Gasteiger partial charge in [-0.3, -0.25) is 4.79 Å². The van der Waals surface area contributed by atoms with E-state index in [1.54, 1.807) is 12.2 Å². The molecule has 2 saturated heterocycles. The van der Waals surface area contributed by atoms with Crippen molar-refractivity contribution in [2.24, 2.45) is 23.7 Å². The number of esters is 2. The molecule has 1 N–H and O–H groups in total. The molecule has 11 atom stereocenters. The van der Waals surface area contributed by atoms with Gasteiger partial charge in [0.25, 0.3) is 0 Å². The van der Waals surface area contributed by atoms with Crippen molar-refractivity contribution >= 4 is 29.9 Å². The predicted octanol–water partition coefficient (Wildman–Crippen LogP) is 9.14. The molecule has 345 valence electrons. The van der Waals surface area contributed by atoms with Crippen LogP contribution in [0.2, 0.25) is 0 Å². The first-order chi connectivity index (χ1) is 29.4. The molecule has 0 amide bonds. The summed E-state index contributed by atoms with van der Waals surface area (Å²) in [4.78, 5) is 38.9. The number of rotatable bonds is 0. The predicted molar refractivity (Wildman–Crippen MR) is 235 cm³/mol. The first-order valence-electron chi connectivity index (χ1n) is 21.6. The van der Waals surface area contributed by atoms with Crippen LogP contribution in [0.4, 0.5) is 0 Å². The van der Waals surface area contributed by atoms with Crippen LogP contribution in [0.5, 0.6) is 0 Å². The van der Waals surface area contributed by atoms with E-state index < -0.39 is 50.8 Å². The Balaban J connectivity index is 0.000000260. The average Bonchev–Trinajstić information content (AvgIpc) is 3.70. The van der Waals surface area contributed by atoms with Crippen LogP contribution in [0, 0.1) is 51.4 Å². The molecule has 0 aliphatic carbocycles. The van der Waals surface area contributed by atoms with Crippen molar-refractivity contribution in [3.8, 4) is 0 Å². The summed E-state index contributed by atoms with van der Waals surface area (Å²) in [6.07, 6.45) is 11.4. The zero-order chi connectivity index (χ0) is 47.1. The number of ketones is 1. The summed E-state index contributed by atoms with van der Waals surface area (Å²) in [6.45, 7) is 26.9. The molecule has 4 heterocycles. The molecule has 0 aromatic heterocycles. The quantitative estimate of drug-likeness (QED) is 0.152. The van der Waals surface area contributed by atoms with Crippen LogP contribution >= 0.6 is 0 Å². The minimum atomic E-state index is -1.44. The molecule has 2 aromatic carbocycles. The van der Waals surface area contributed by atoms with E-state index in [2.05, 4.69) is 0 Å². The third kappa shape index (κ3) is 13.5. The molecule has 63 heavy (non-hydrogen) atoms. The first kappa shape index (κ1) is 51.6. The fourth-order valence-corrected chi connectivity index (χ4v) is 8.16. The Bertz CT molecular complexity index is 2140. The molecule has 4 aliphatic heterocycles. The number of benzene rings is 2. The van der Waals surface area contributed by atoms with E-state index in [1.807, 2.05) is 152 Å². The summed E-state index contributed by atoms with van der Waals surface area (Å²) < 4.78 is 52.5. The molecule has 0 spiro atoms. The van der Waals surface area contributed by atoms with E-state index in [1.165, 1.54) is 6.08 Å². The zero-order valence-electron chi connectivity index (χ0n) is 39.1. The van der Waals surface area contributed by atoms with Gasteiger partial charge in [-0.2, -0.15) is 0 Å². The van der Waals surface area contributed by atoms with Crippen LogP contribution < -0.4 is 0 Å².